The fourth-order valence-corrected chi connectivity index (χ4v) is 2.48. The van der Waals surface area contributed by atoms with Gasteiger partial charge in [-0.25, -0.2) is 4.39 Å². The van der Waals surface area contributed by atoms with E-state index >= 15 is 0 Å². The maximum absolute atomic E-state index is 13.6. The molecule has 1 atom stereocenters. The minimum absolute atomic E-state index is 0.0741. The fourth-order valence-electron chi connectivity index (χ4n) is 2.48. The number of halogens is 1. The molecule has 5 nitrogen and oxygen atoms in total. The Kier molecular flexibility index (Phi) is 4.22. The van der Waals surface area contributed by atoms with Gasteiger partial charge in [0.1, 0.15) is 0 Å². The minimum Gasteiger partial charge on any atom is -0.494 e. The Hall–Kier alpha value is -2.11. The predicted molar refractivity (Wildman–Crippen MR) is 69.3 cm³/mol. The first-order valence-electron chi connectivity index (χ1n) is 6.39. The van der Waals surface area contributed by atoms with Gasteiger partial charge in [0, 0.05) is 18.2 Å². The molecule has 1 saturated heterocycles. The predicted octanol–water partition coefficient (Wildman–Crippen LogP) is 1.91. The molecule has 1 N–H and O–H groups in total. The molecular weight excluding hydrogens is 265 g/mol. The summed E-state index contributed by atoms with van der Waals surface area (Å²) in [5, 5.41) is 8.84. The van der Waals surface area contributed by atoms with E-state index in [0.29, 0.717) is 13.0 Å². The van der Waals surface area contributed by atoms with Crippen LogP contribution in [-0.4, -0.2) is 41.6 Å². The van der Waals surface area contributed by atoms with Crippen LogP contribution in [0.2, 0.25) is 0 Å². The van der Waals surface area contributed by atoms with Gasteiger partial charge in [0.05, 0.1) is 13.5 Å². The molecule has 0 saturated carbocycles. The summed E-state index contributed by atoms with van der Waals surface area (Å²) in [7, 11) is 1.35. The number of benzene rings is 1. The van der Waals surface area contributed by atoms with Crippen LogP contribution in [0.15, 0.2) is 18.2 Å². The first-order chi connectivity index (χ1) is 9.52. The number of amides is 1. The van der Waals surface area contributed by atoms with Gasteiger partial charge in [-0.2, -0.15) is 0 Å². The molecule has 0 radical (unpaired) electrons. The van der Waals surface area contributed by atoms with Crippen molar-refractivity contribution in [1.82, 2.24) is 4.90 Å². The second-order valence-electron chi connectivity index (χ2n) is 4.74. The summed E-state index contributed by atoms with van der Waals surface area (Å²) < 4.78 is 18.4. The fraction of sp³-hybridized carbons (Fsp3) is 0.429. The number of aliphatic carboxylic acids is 1. The summed E-state index contributed by atoms with van der Waals surface area (Å²) in [6.45, 7) is 0.504. The van der Waals surface area contributed by atoms with Gasteiger partial charge in [-0.15, -0.1) is 0 Å². The Labute approximate surface area is 116 Å². The highest BCUT2D eigenvalue weighted by Gasteiger charge is 2.31. The molecule has 1 fully saturated rings. The zero-order valence-corrected chi connectivity index (χ0v) is 11.1. The molecule has 108 valence electrons. The van der Waals surface area contributed by atoms with Crippen molar-refractivity contribution in [1.29, 1.82) is 0 Å². The van der Waals surface area contributed by atoms with E-state index in [9.17, 15) is 14.0 Å². The number of ether oxygens (including phenoxy) is 1. The molecule has 0 aliphatic carbocycles. The lowest BCUT2D eigenvalue weighted by atomic mass is 10.1. The zero-order valence-electron chi connectivity index (χ0n) is 11.1. The zero-order chi connectivity index (χ0) is 14.7. The highest BCUT2D eigenvalue weighted by molar-refractivity contribution is 5.95. The first kappa shape index (κ1) is 14.3. The Morgan fingerprint density at radius 1 is 1.50 bits per heavy atom. The number of carboxylic acids is 1. The molecule has 1 amide bonds. The van der Waals surface area contributed by atoms with E-state index < -0.39 is 11.8 Å². The van der Waals surface area contributed by atoms with E-state index in [1.165, 1.54) is 24.1 Å². The van der Waals surface area contributed by atoms with Crippen LogP contribution < -0.4 is 4.74 Å². The van der Waals surface area contributed by atoms with Crippen LogP contribution in [0.4, 0.5) is 4.39 Å². The molecule has 1 aliphatic rings. The second kappa shape index (κ2) is 5.90. The van der Waals surface area contributed by atoms with Gasteiger partial charge in [0.2, 0.25) is 0 Å². The van der Waals surface area contributed by atoms with Gasteiger partial charge >= 0.3 is 5.97 Å². The lowest BCUT2D eigenvalue weighted by Gasteiger charge is -2.23. The smallest absolute Gasteiger partial charge is 0.305 e. The summed E-state index contributed by atoms with van der Waals surface area (Å²) in [4.78, 5) is 24.6. The summed E-state index contributed by atoms with van der Waals surface area (Å²) in [6, 6.07) is 3.69. The summed E-state index contributed by atoms with van der Waals surface area (Å²) in [5.74, 6) is -1.80. The van der Waals surface area contributed by atoms with E-state index in [4.69, 9.17) is 9.84 Å². The van der Waals surface area contributed by atoms with Crippen LogP contribution in [0.1, 0.15) is 29.6 Å². The Morgan fingerprint density at radius 2 is 2.25 bits per heavy atom. The van der Waals surface area contributed by atoms with Gasteiger partial charge in [-0.05, 0) is 31.0 Å². The van der Waals surface area contributed by atoms with Crippen molar-refractivity contribution in [2.75, 3.05) is 13.7 Å². The number of hydrogen-bond donors (Lipinski definition) is 1. The topological polar surface area (TPSA) is 66.8 Å². The molecule has 0 aromatic heterocycles. The molecule has 20 heavy (non-hydrogen) atoms. The highest BCUT2D eigenvalue weighted by Crippen LogP contribution is 2.24. The van der Waals surface area contributed by atoms with Gasteiger partial charge in [-0.1, -0.05) is 0 Å². The third-order valence-corrected chi connectivity index (χ3v) is 3.45. The maximum atomic E-state index is 13.6. The summed E-state index contributed by atoms with van der Waals surface area (Å²) in [5.41, 5.74) is 0.209. The standard InChI is InChI=1S/C14H16FNO4/c1-20-12-5-4-9(7-11(12)15)14(19)16-6-2-3-10(16)8-13(17)18/h4-5,7,10H,2-3,6,8H2,1H3,(H,17,18). The molecule has 0 spiro atoms. The lowest BCUT2D eigenvalue weighted by Crippen LogP contribution is -2.36. The van der Waals surface area contributed by atoms with E-state index in [0.717, 1.165) is 12.5 Å². The first-order valence-corrected chi connectivity index (χ1v) is 6.39. The van der Waals surface area contributed by atoms with Crippen LogP contribution in [0, 0.1) is 5.82 Å². The number of rotatable bonds is 4. The Morgan fingerprint density at radius 3 is 2.85 bits per heavy atom. The van der Waals surface area contributed by atoms with Crippen molar-refractivity contribution in [2.24, 2.45) is 0 Å². The van der Waals surface area contributed by atoms with Crippen molar-refractivity contribution in [3.63, 3.8) is 0 Å². The van der Waals surface area contributed by atoms with Crippen molar-refractivity contribution >= 4 is 11.9 Å². The number of methoxy groups -OCH3 is 1. The third kappa shape index (κ3) is 2.89. The summed E-state index contributed by atoms with van der Waals surface area (Å²) in [6.07, 6.45) is 1.35. The average Bonchev–Trinajstić information content (AvgIpc) is 2.85. The van der Waals surface area contributed by atoms with Crippen molar-refractivity contribution < 1.29 is 23.8 Å². The number of likely N-dealkylation sites (tertiary alicyclic amines) is 1. The van der Waals surface area contributed by atoms with Crippen molar-refractivity contribution in [3.8, 4) is 5.75 Å². The lowest BCUT2D eigenvalue weighted by molar-refractivity contribution is -0.137. The Bertz CT molecular complexity index is 532. The molecule has 1 unspecified atom stereocenters. The molecule has 1 aromatic carbocycles. The monoisotopic (exact) mass is 281 g/mol. The minimum atomic E-state index is -0.935. The molecule has 6 heteroatoms. The number of hydrogen-bond acceptors (Lipinski definition) is 3. The molecular formula is C14H16FNO4. The van der Waals surface area contributed by atoms with E-state index in [1.807, 2.05) is 0 Å². The van der Waals surface area contributed by atoms with E-state index in [-0.39, 0.29) is 29.7 Å². The Balaban J connectivity index is 2.18. The van der Waals surface area contributed by atoms with Crippen LogP contribution in [0.25, 0.3) is 0 Å². The number of carboxylic acid groups (broad SMARTS) is 1. The van der Waals surface area contributed by atoms with E-state index in [1.54, 1.807) is 0 Å². The van der Waals surface area contributed by atoms with Crippen LogP contribution in [0.5, 0.6) is 5.75 Å². The molecule has 2 rings (SSSR count). The van der Waals surface area contributed by atoms with Crippen LogP contribution in [0.3, 0.4) is 0 Å². The van der Waals surface area contributed by atoms with Gasteiger partial charge < -0.3 is 14.7 Å². The molecule has 1 aliphatic heterocycles. The average molecular weight is 281 g/mol. The molecule has 1 aromatic rings. The second-order valence-corrected chi connectivity index (χ2v) is 4.74. The van der Waals surface area contributed by atoms with Gasteiger partial charge in [-0.3, -0.25) is 9.59 Å². The number of carbonyl (C=O) groups excluding carboxylic acids is 1. The number of nitrogens with zero attached hydrogens (tertiary/aromatic N) is 1. The highest BCUT2D eigenvalue weighted by atomic mass is 19.1. The SMILES string of the molecule is COc1ccc(C(=O)N2CCCC2CC(=O)O)cc1F. The molecule has 1 heterocycles. The normalized spacial score (nSPS) is 18.1. The molecule has 0 bridgehead atoms. The van der Waals surface area contributed by atoms with E-state index in [2.05, 4.69) is 0 Å². The maximum Gasteiger partial charge on any atom is 0.305 e. The quantitative estimate of drug-likeness (QED) is 0.915. The van der Waals surface area contributed by atoms with Crippen molar-refractivity contribution in [3.05, 3.63) is 29.6 Å². The summed E-state index contributed by atoms with van der Waals surface area (Å²) >= 11 is 0. The van der Waals surface area contributed by atoms with Crippen LogP contribution >= 0.6 is 0 Å². The van der Waals surface area contributed by atoms with Crippen molar-refractivity contribution in [2.45, 2.75) is 25.3 Å². The van der Waals surface area contributed by atoms with Gasteiger partial charge in [0.25, 0.3) is 5.91 Å². The van der Waals surface area contributed by atoms with Gasteiger partial charge in [0.15, 0.2) is 11.6 Å². The third-order valence-electron chi connectivity index (χ3n) is 3.45. The largest absolute Gasteiger partial charge is 0.494 e. The van der Waals surface area contributed by atoms with Crippen LogP contribution in [-0.2, 0) is 4.79 Å². The number of carbonyl (C=O) groups is 2.